The van der Waals surface area contributed by atoms with Gasteiger partial charge in [0.15, 0.2) is 0 Å². The summed E-state index contributed by atoms with van der Waals surface area (Å²) in [6.45, 7) is 2.08. The Hall–Kier alpha value is -1.72. The number of carbonyl (C=O) groups excluding carboxylic acids is 1. The van der Waals surface area contributed by atoms with Gasteiger partial charge in [-0.2, -0.15) is 0 Å². The molecular weight excluding hydrogens is 284 g/mol. The van der Waals surface area contributed by atoms with E-state index in [1.165, 1.54) is 16.9 Å². The van der Waals surface area contributed by atoms with E-state index in [1.54, 1.807) is 6.20 Å². The molecule has 2 aromatic rings. The van der Waals surface area contributed by atoms with Crippen molar-refractivity contribution in [3.8, 4) is 0 Å². The van der Waals surface area contributed by atoms with E-state index in [-0.39, 0.29) is 18.6 Å². The zero-order valence-corrected chi connectivity index (χ0v) is 12.9. The highest BCUT2D eigenvalue weighted by Gasteiger charge is 2.14. The fourth-order valence-electron chi connectivity index (χ4n) is 2.06. The second-order valence-electron chi connectivity index (χ2n) is 4.87. The van der Waals surface area contributed by atoms with Crippen molar-refractivity contribution in [3.63, 3.8) is 0 Å². The van der Waals surface area contributed by atoms with Crippen LogP contribution in [0.3, 0.4) is 0 Å². The number of aromatic nitrogens is 1. The Bertz CT molecular complexity index is 569. The van der Waals surface area contributed by atoms with E-state index in [0.29, 0.717) is 11.3 Å². The molecule has 0 spiro atoms. The second kappa shape index (κ2) is 7.90. The lowest BCUT2D eigenvalue weighted by atomic mass is 10.1. The van der Waals surface area contributed by atoms with Crippen molar-refractivity contribution in [1.82, 2.24) is 10.3 Å². The standard InChI is InChI=1S/C16H20N2O2S/c1-2-13(8-9-19)18-16(20)14-11-17-15(21-14)10-12-6-4-3-5-7-12/h3-7,11,13,19H,2,8-10H2,1H3,(H,18,20). The molecule has 1 aromatic heterocycles. The number of nitrogens with zero attached hydrogens (tertiary/aromatic N) is 1. The Morgan fingerprint density at radius 3 is 2.81 bits per heavy atom. The van der Waals surface area contributed by atoms with Crippen molar-refractivity contribution in [2.24, 2.45) is 0 Å². The topological polar surface area (TPSA) is 62.2 Å². The van der Waals surface area contributed by atoms with E-state index >= 15 is 0 Å². The Kier molecular flexibility index (Phi) is 5.90. The van der Waals surface area contributed by atoms with Crippen LogP contribution in [0.15, 0.2) is 36.5 Å². The van der Waals surface area contributed by atoms with Crippen molar-refractivity contribution in [2.75, 3.05) is 6.61 Å². The fraction of sp³-hybridized carbons (Fsp3) is 0.375. The van der Waals surface area contributed by atoms with E-state index < -0.39 is 0 Å². The first-order chi connectivity index (χ1) is 10.2. The fourth-order valence-corrected chi connectivity index (χ4v) is 2.91. The van der Waals surface area contributed by atoms with Gasteiger partial charge in [-0.15, -0.1) is 11.3 Å². The Morgan fingerprint density at radius 2 is 2.14 bits per heavy atom. The zero-order chi connectivity index (χ0) is 15.1. The van der Waals surface area contributed by atoms with Gasteiger partial charge < -0.3 is 10.4 Å². The summed E-state index contributed by atoms with van der Waals surface area (Å²) in [5.41, 5.74) is 1.19. The van der Waals surface area contributed by atoms with Crippen molar-refractivity contribution in [2.45, 2.75) is 32.2 Å². The van der Waals surface area contributed by atoms with E-state index in [2.05, 4.69) is 22.4 Å². The van der Waals surface area contributed by atoms with Crippen molar-refractivity contribution in [3.05, 3.63) is 52.0 Å². The molecule has 1 unspecified atom stereocenters. The highest BCUT2D eigenvalue weighted by molar-refractivity contribution is 7.13. The second-order valence-corrected chi connectivity index (χ2v) is 5.99. The molecular formula is C16H20N2O2S. The molecule has 5 heteroatoms. The molecule has 2 rings (SSSR count). The number of carbonyl (C=O) groups is 1. The lowest BCUT2D eigenvalue weighted by Crippen LogP contribution is -2.34. The molecule has 0 radical (unpaired) electrons. The molecule has 2 N–H and O–H groups in total. The first-order valence-electron chi connectivity index (χ1n) is 7.13. The van der Waals surface area contributed by atoms with Crippen LogP contribution >= 0.6 is 11.3 Å². The molecule has 1 atom stereocenters. The van der Waals surface area contributed by atoms with Crippen LogP contribution in [0.25, 0.3) is 0 Å². The minimum atomic E-state index is -0.105. The normalized spacial score (nSPS) is 12.1. The van der Waals surface area contributed by atoms with Gasteiger partial charge in [-0.1, -0.05) is 37.3 Å². The van der Waals surface area contributed by atoms with E-state index in [4.69, 9.17) is 5.11 Å². The van der Waals surface area contributed by atoms with Gasteiger partial charge in [0.05, 0.1) is 11.2 Å². The van der Waals surface area contributed by atoms with Crippen molar-refractivity contribution >= 4 is 17.2 Å². The van der Waals surface area contributed by atoms with Crippen LogP contribution in [-0.4, -0.2) is 28.6 Å². The van der Waals surface area contributed by atoms with E-state index in [1.807, 2.05) is 25.1 Å². The number of rotatable bonds is 7. The molecule has 0 saturated carbocycles. The largest absolute Gasteiger partial charge is 0.396 e. The maximum atomic E-state index is 12.1. The average molecular weight is 304 g/mol. The smallest absolute Gasteiger partial charge is 0.263 e. The molecule has 0 fully saturated rings. The molecule has 1 heterocycles. The lowest BCUT2D eigenvalue weighted by molar-refractivity contribution is 0.0933. The van der Waals surface area contributed by atoms with Gasteiger partial charge >= 0.3 is 0 Å². The summed E-state index contributed by atoms with van der Waals surface area (Å²) in [6, 6.07) is 10.1. The molecule has 21 heavy (non-hydrogen) atoms. The van der Waals surface area contributed by atoms with Gasteiger partial charge in [0.2, 0.25) is 0 Å². The summed E-state index contributed by atoms with van der Waals surface area (Å²) in [5, 5.41) is 12.8. The molecule has 1 amide bonds. The summed E-state index contributed by atoms with van der Waals surface area (Å²) >= 11 is 1.42. The SMILES string of the molecule is CCC(CCO)NC(=O)c1cnc(Cc2ccccc2)s1. The Balaban J connectivity index is 1.97. The zero-order valence-electron chi connectivity index (χ0n) is 12.1. The third-order valence-electron chi connectivity index (χ3n) is 3.28. The maximum absolute atomic E-state index is 12.1. The number of aliphatic hydroxyl groups excluding tert-OH is 1. The predicted molar refractivity (Wildman–Crippen MR) is 84.6 cm³/mol. The average Bonchev–Trinajstić information content (AvgIpc) is 2.96. The number of aliphatic hydroxyl groups is 1. The minimum absolute atomic E-state index is 0.0159. The molecule has 0 aliphatic carbocycles. The van der Waals surface area contributed by atoms with Crippen LogP contribution < -0.4 is 5.32 Å². The minimum Gasteiger partial charge on any atom is -0.396 e. The van der Waals surface area contributed by atoms with Gasteiger partial charge in [-0.25, -0.2) is 4.98 Å². The van der Waals surface area contributed by atoms with Crippen molar-refractivity contribution < 1.29 is 9.90 Å². The molecule has 0 saturated heterocycles. The van der Waals surface area contributed by atoms with Crippen LogP contribution in [-0.2, 0) is 6.42 Å². The highest BCUT2D eigenvalue weighted by Crippen LogP contribution is 2.17. The maximum Gasteiger partial charge on any atom is 0.263 e. The molecule has 1 aromatic carbocycles. The highest BCUT2D eigenvalue weighted by atomic mass is 32.1. The number of amides is 1. The number of thiazole rings is 1. The number of hydrogen-bond acceptors (Lipinski definition) is 4. The third-order valence-corrected chi connectivity index (χ3v) is 4.28. The lowest BCUT2D eigenvalue weighted by Gasteiger charge is -2.14. The summed E-state index contributed by atoms with van der Waals surface area (Å²) in [7, 11) is 0. The summed E-state index contributed by atoms with van der Waals surface area (Å²) in [4.78, 5) is 17.1. The van der Waals surface area contributed by atoms with E-state index in [0.717, 1.165) is 17.8 Å². The number of hydrogen-bond donors (Lipinski definition) is 2. The third kappa shape index (κ3) is 4.65. The van der Waals surface area contributed by atoms with Crippen LogP contribution in [0.4, 0.5) is 0 Å². The number of nitrogens with one attached hydrogen (secondary N) is 1. The van der Waals surface area contributed by atoms with Gasteiger partial charge in [-0.3, -0.25) is 4.79 Å². The van der Waals surface area contributed by atoms with Gasteiger partial charge in [0.25, 0.3) is 5.91 Å². The quantitative estimate of drug-likeness (QED) is 0.826. The van der Waals surface area contributed by atoms with E-state index in [9.17, 15) is 4.79 Å². The van der Waals surface area contributed by atoms with Crippen LogP contribution in [0, 0.1) is 0 Å². The first-order valence-corrected chi connectivity index (χ1v) is 7.95. The Morgan fingerprint density at radius 1 is 1.38 bits per heavy atom. The molecule has 0 bridgehead atoms. The molecule has 0 aliphatic rings. The molecule has 0 aliphatic heterocycles. The first kappa shape index (κ1) is 15.7. The van der Waals surface area contributed by atoms with Crippen LogP contribution in [0.5, 0.6) is 0 Å². The summed E-state index contributed by atoms with van der Waals surface area (Å²) in [6.07, 6.45) is 3.76. The van der Waals surface area contributed by atoms with Gasteiger partial charge in [0, 0.05) is 19.1 Å². The monoisotopic (exact) mass is 304 g/mol. The summed E-state index contributed by atoms with van der Waals surface area (Å²) in [5.74, 6) is -0.105. The van der Waals surface area contributed by atoms with Crippen LogP contribution in [0.1, 0.15) is 40.0 Å². The van der Waals surface area contributed by atoms with Crippen molar-refractivity contribution in [1.29, 1.82) is 0 Å². The van der Waals surface area contributed by atoms with Gasteiger partial charge in [0.1, 0.15) is 4.88 Å². The molecule has 112 valence electrons. The molecule has 4 nitrogen and oxygen atoms in total. The van der Waals surface area contributed by atoms with Gasteiger partial charge in [-0.05, 0) is 18.4 Å². The predicted octanol–water partition coefficient (Wildman–Crippen LogP) is 2.62. The van der Waals surface area contributed by atoms with Crippen LogP contribution in [0.2, 0.25) is 0 Å². The Labute approximate surface area is 128 Å². The number of benzene rings is 1. The summed E-state index contributed by atoms with van der Waals surface area (Å²) < 4.78 is 0.